The highest BCUT2D eigenvalue weighted by Crippen LogP contribution is 2.32. The van der Waals surface area contributed by atoms with Gasteiger partial charge in [-0.2, -0.15) is 13.2 Å². The molecule has 0 radical (unpaired) electrons. The summed E-state index contributed by atoms with van der Waals surface area (Å²) >= 11 is 0. The molecular weight excluding hydrogens is 286 g/mol. The van der Waals surface area contributed by atoms with Crippen molar-refractivity contribution in [2.45, 2.75) is 32.4 Å². The van der Waals surface area contributed by atoms with Gasteiger partial charge in [-0.15, -0.1) is 0 Å². The number of likely N-dealkylation sites (tertiary alicyclic amines) is 1. The predicted molar refractivity (Wildman–Crippen MR) is 70.3 cm³/mol. The van der Waals surface area contributed by atoms with Crippen LogP contribution in [0, 0.1) is 11.7 Å². The minimum Gasteiger partial charge on any atom is -0.339 e. The van der Waals surface area contributed by atoms with Crippen LogP contribution in [0.2, 0.25) is 0 Å². The van der Waals surface area contributed by atoms with E-state index in [0.29, 0.717) is 31.1 Å². The minimum absolute atomic E-state index is 0.113. The fourth-order valence-corrected chi connectivity index (χ4v) is 2.52. The largest absolute Gasteiger partial charge is 0.419 e. The smallest absolute Gasteiger partial charge is 0.339 e. The molecule has 1 saturated heterocycles. The van der Waals surface area contributed by atoms with Crippen molar-refractivity contribution in [1.82, 2.24) is 4.90 Å². The highest BCUT2D eigenvalue weighted by atomic mass is 19.4. The fourth-order valence-electron chi connectivity index (χ4n) is 2.52. The van der Waals surface area contributed by atoms with Crippen molar-refractivity contribution >= 4 is 5.91 Å². The van der Waals surface area contributed by atoms with E-state index in [1.54, 1.807) is 4.90 Å². The Bertz CT molecular complexity index is 527. The lowest BCUT2D eigenvalue weighted by Crippen LogP contribution is -2.32. The van der Waals surface area contributed by atoms with Gasteiger partial charge < -0.3 is 4.90 Å². The highest BCUT2D eigenvalue weighted by molar-refractivity contribution is 5.94. The van der Waals surface area contributed by atoms with E-state index in [-0.39, 0.29) is 5.56 Å². The van der Waals surface area contributed by atoms with E-state index in [2.05, 4.69) is 6.92 Å². The van der Waals surface area contributed by atoms with Gasteiger partial charge in [-0.1, -0.05) is 6.92 Å². The van der Waals surface area contributed by atoms with Crippen LogP contribution in [0.4, 0.5) is 17.6 Å². The number of amides is 1. The summed E-state index contributed by atoms with van der Waals surface area (Å²) in [5.74, 6) is -1.32. The van der Waals surface area contributed by atoms with Crippen molar-refractivity contribution in [3.63, 3.8) is 0 Å². The number of hydrogen-bond donors (Lipinski definition) is 0. The maximum atomic E-state index is 13.2. The Labute approximate surface area is 120 Å². The Balaban J connectivity index is 2.23. The van der Waals surface area contributed by atoms with Crippen LogP contribution < -0.4 is 0 Å². The molecule has 0 aliphatic carbocycles. The van der Waals surface area contributed by atoms with E-state index in [1.165, 1.54) is 0 Å². The van der Waals surface area contributed by atoms with Crippen molar-refractivity contribution in [3.8, 4) is 0 Å². The summed E-state index contributed by atoms with van der Waals surface area (Å²) in [6, 6.07) is 2.42. The number of alkyl halides is 3. The number of carbonyl (C=O) groups excluding carboxylic acids is 1. The summed E-state index contributed by atoms with van der Waals surface area (Å²) in [5.41, 5.74) is -1.50. The van der Waals surface area contributed by atoms with Gasteiger partial charge in [-0.05, 0) is 43.4 Å². The van der Waals surface area contributed by atoms with Crippen molar-refractivity contribution in [2.24, 2.45) is 5.92 Å². The topological polar surface area (TPSA) is 20.3 Å². The molecule has 21 heavy (non-hydrogen) atoms. The number of rotatable bonds is 1. The third-order valence-electron chi connectivity index (χ3n) is 3.82. The number of nitrogens with zero attached hydrogens (tertiary/aromatic N) is 1. The van der Waals surface area contributed by atoms with E-state index in [1.807, 2.05) is 0 Å². The van der Waals surface area contributed by atoms with Crippen LogP contribution in [-0.2, 0) is 6.18 Å². The second kappa shape index (κ2) is 6.03. The van der Waals surface area contributed by atoms with E-state index in [0.717, 1.165) is 25.3 Å². The minimum atomic E-state index is -4.80. The van der Waals surface area contributed by atoms with Crippen LogP contribution in [-0.4, -0.2) is 23.9 Å². The van der Waals surface area contributed by atoms with Crippen LogP contribution in [0.15, 0.2) is 18.2 Å². The molecule has 6 heteroatoms. The lowest BCUT2D eigenvalue weighted by molar-refractivity contribution is -0.140. The molecule has 1 aromatic rings. The molecule has 0 aromatic heterocycles. The Morgan fingerprint density at radius 1 is 1.24 bits per heavy atom. The molecule has 0 saturated carbocycles. The Morgan fingerprint density at radius 3 is 2.62 bits per heavy atom. The van der Waals surface area contributed by atoms with Gasteiger partial charge in [0.2, 0.25) is 0 Å². The lowest BCUT2D eigenvalue weighted by atomic mass is 10.0. The number of halogens is 4. The Hall–Kier alpha value is -1.59. The van der Waals surface area contributed by atoms with Crippen LogP contribution in [0.5, 0.6) is 0 Å². The van der Waals surface area contributed by atoms with Gasteiger partial charge >= 0.3 is 6.18 Å². The van der Waals surface area contributed by atoms with E-state index < -0.39 is 23.5 Å². The van der Waals surface area contributed by atoms with Gasteiger partial charge in [-0.3, -0.25) is 4.79 Å². The zero-order valence-corrected chi connectivity index (χ0v) is 11.7. The SMILES string of the molecule is CC1CCCN(C(=O)c2ccc(F)c(C(F)(F)F)c2)CC1. The summed E-state index contributed by atoms with van der Waals surface area (Å²) in [5, 5.41) is 0. The molecule has 2 rings (SSSR count). The summed E-state index contributed by atoms with van der Waals surface area (Å²) in [6.07, 6.45) is -2.13. The van der Waals surface area contributed by atoms with E-state index in [9.17, 15) is 22.4 Å². The molecule has 2 nitrogen and oxygen atoms in total. The van der Waals surface area contributed by atoms with Crippen molar-refractivity contribution in [2.75, 3.05) is 13.1 Å². The van der Waals surface area contributed by atoms with Crippen LogP contribution in [0.25, 0.3) is 0 Å². The summed E-state index contributed by atoms with van der Waals surface area (Å²) in [7, 11) is 0. The fraction of sp³-hybridized carbons (Fsp3) is 0.533. The van der Waals surface area contributed by atoms with Gasteiger partial charge in [0.15, 0.2) is 0 Å². The Morgan fingerprint density at radius 2 is 1.95 bits per heavy atom. The molecule has 1 aliphatic rings. The first-order valence-electron chi connectivity index (χ1n) is 6.95. The average Bonchev–Trinajstić information content (AvgIpc) is 2.62. The normalized spacial score (nSPS) is 20.2. The van der Waals surface area contributed by atoms with Crippen LogP contribution in [0.3, 0.4) is 0 Å². The summed E-state index contributed by atoms with van der Waals surface area (Å²) < 4.78 is 51.3. The number of benzene rings is 1. The van der Waals surface area contributed by atoms with Gasteiger partial charge in [0.1, 0.15) is 5.82 Å². The molecule has 1 atom stereocenters. The molecule has 1 fully saturated rings. The van der Waals surface area contributed by atoms with Crippen molar-refractivity contribution < 1.29 is 22.4 Å². The highest BCUT2D eigenvalue weighted by Gasteiger charge is 2.35. The second-order valence-corrected chi connectivity index (χ2v) is 5.52. The molecule has 1 amide bonds. The van der Waals surface area contributed by atoms with E-state index >= 15 is 0 Å². The molecule has 0 spiro atoms. The molecule has 0 bridgehead atoms. The van der Waals surface area contributed by atoms with Gasteiger partial charge in [0, 0.05) is 18.7 Å². The molecule has 1 aromatic carbocycles. The maximum Gasteiger partial charge on any atom is 0.419 e. The first-order valence-corrected chi connectivity index (χ1v) is 6.95. The van der Waals surface area contributed by atoms with Crippen LogP contribution >= 0.6 is 0 Å². The Kier molecular flexibility index (Phi) is 4.54. The monoisotopic (exact) mass is 303 g/mol. The summed E-state index contributed by atoms with van der Waals surface area (Å²) in [6.45, 7) is 3.15. The maximum absolute atomic E-state index is 13.2. The van der Waals surface area contributed by atoms with Crippen molar-refractivity contribution in [1.29, 1.82) is 0 Å². The molecule has 0 N–H and O–H groups in total. The number of hydrogen-bond acceptors (Lipinski definition) is 1. The average molecular weight is 303 g/mol. The molecule has 1 unspecified atom stereocenters. The third kappa shape index (κ3) is 3.74. The standard InChI is InChI=1S/C15H17F4NO/c1-10-3-2-7-20(8-6-10)14(21)11-4-5-13(16)12(9-11)15(17,18)19/h4-5,9-10H,2-3,6-8H2,1H3. The molecular formula is C15H17F4NO. The second-order valence-electron chi connectivity index (χ2n) is 5.52. The molecule has 1 heterocycles. The summed E-state index contributed by atoms with van der Waals surface area (Å²) in [4.78, 5) is 13.8. The predicted octanol–water partition coefficient (Wildman–Crippen LogP) is 4.11. The van der Waals surface area contributed by atoms with Gasteiger partial charge in [-0.25, -0.2) is 4.39 Å². The van der Waals surface area contributed by atoms with Gasteiger partial charge in [0.05, 0.1) is 5.56 Å². The van der Waals surface area contributed by atoms with Crippen LogP contribution in [0.1, 0.15) is 42.1 Å². The quantitative estimate of drug-likeness (QED) is 0.715. The third-order valence-corrected chi connectivity index (χ3v) is 3.82. The first kappa shape index (κ1) is 15.8. The zero-order valence-electron chi connectivity index (χ0n) is 11.7. The van der Waals surface area contributed by atoms with Gasteiger partial charge in [0.25, 0.3) is 5.91 Å². The zero-order chi connectivity index (χ0) is 15.6. The van der Waals surface area contributed by atoms with E-state index in [4.69, 9.17) is 0 Å². The number of carbonyl (C=O) groups is 1. The molecule has 116 valence electrons. The van der Waals surface area contributed by atoms with Crippen molar-refractivity contribution in [3.05, 3.63) is 35.1 Å². The molecule has 1 aliphatic heterocycles. The lowest BCUT2D eigenvalue weighted by Gasteiger charge is -2.21. The first-order chi connectivity index (χ1) is 9.79.